The molecule has 0 bridgehead atoms. The third-order valence-corrected chi connectivity index (χ3v) is 4.76. The molecule has 1 aliphatic heterocycles. The summed E-state index contributed by atoms with van der Waals surface area (Å²) in [6, 6.07) is 5.58. The second-order valence-corrected chi connectivity index (χ2v) is 7.30. The van der Waals surface area contributed by atoms with E-state index in [1.165, 1.54) is 4.90 Å². The highest BCUT2D eigenvalue weighted by Gasteiger charge is 2.22. The maximum absolute atomic E-state index is 12.3. The van der Waals surface area contributed by atoms with Crippen LogP contribution in [0.2, 0.25) is 0 Å². The highest BCUT2D eigenvalue weighted by Crippen LogP contribution is 2.20. The first-order valence-corrected chi connectivity index (χ1v) is 9.24. The van der Waals surface area contributed by atoms with E-state index in [0.717, 1.165) is 35.0 Å². The van der Waals surface area contributed by atoms with E-state index in [9.17, 15) is 14.4 Å². The number of nitrogens with zero attached hydrogens (tertiary/aromatic N) is 2. The Morgan fingerprint density at radius 1 is 1.28 bits per heavy atom. The van der Waals surface area contributed by atoms with Crippen molar-refractivity contribution in [3.8, 4) is 0 Å². The molecule has 1 heterocycles. The maximum atomic E-state index is 12.3. The number of nitrogens with one attached hydrogen (secondary N) is 1. The molecule has 7 heteroatoms. The summed E-state index contributed by atoms with van der Waals surface area (Å²) in [6.45, 7) is 2.51. The van der Waals surface area contributed by atoms with Crippen molar-refractivity contribution in [1.29, 1.82) is 0 Å². The molecule has 0 radical (unpaired) electrons. The summed E-state index contributed by atoms with van der Waals surface area (Å²) >= 11 is 3.38. The van der Waals surface area contributed by atoms with Gasteiger partial charge in [0, 0.05) is 30.2 Å². The molecule has 0 atom stereocenters. The number of rotatable bonds is 5. The standard InChI is InChI=1S/C18H24BrN3O3/c1-13-10-14(19)7-8-15(13)20-16(23)11-21(2)18(25)12-22-9-5-3-4-6-17(22)24/h7-8,10H,3-6,9,11-12H2,1-2H3,(H,20,23). The molecule has 0 unspecified atom stereocenters. The van der Waals surface area contributed by atoms with Gasteiger partial charge in [-0.25, -0.2) is 0 Å². The maximum Gasteiger partial charge on any atom is 0.243 e. The van der Waals surface area contributed by atoms with Gasteiger partial charge in [0.05, 0.1) is 13.1 Å². The number of likely N-dealkylation sites (tertiary alicyclic amines) is 1. The van der Waals surface area contributed by atoms with E-state index >= 15 is 0 Å². The molecule has 0 saturated carbocycles. The molecule has 1 aromatic carbocycles. The third-order valence-electron chi connectivity index (χ3n) is 4.27. The molecule has 0 aromatic heterocycles. The average Bonchev–Trinajstić information content (AvgIpc) is 2.75. The highest BCUT2D eigenvalue weighted by molar-refractivity contribution is 9.10. The van der Waals surface area contributed by atoms with Gasteiger partial charge in [-0.2, -0.15) is 0 Å². The normalized spacial score (nSPS) is 14.8. The number of hydrogen-bond donors (Lipinski definition) is 1. The van der Waals surface area contributed by atoms with Crippen LogP contribution in [0.25, 0.3) is 0 Å². The van der Waals surface area contributed by atoms with Gasteiger partial charge in [-0.05, 0) is 43.5 Å². The van der Waals surface area contributed by atoms with Crippen LogP contribution in [0, 0.1) is 6.92 Å². The summed E-state index contributed by atoms with van der Waals surface area (Å²) in [5.74, 6) is -0.462. The molecule has 3 amide bonds. The minimum atomic E-state index is -0.261. The summed E-state index contributed by atoms with van der Waals surface area (Å²) in [5, 5.41) is 2.81. The Kier molecular flexibility index (Phi) is 6.99. The number of anilines is 1. The second-order valence-electron chi connectivity index (χ2n) is 6.38. The number of carbonyl (C=O) groups excluding carboxylic acids is 3. The predicted molar refractivity (Wildman–Crippen MR) is 100 cm³/mol. The van der Waals surface area contributed by atoms with Gasteiger partial charge in [0.15, 0.2) is 0 Å². The van der Waals surface area contributed by atoms with Crippen LogP contribution in [-0.2, 0) is 14.4 Å². The zero-order valence-corrected chi connectivity index (χ0v) is 16.3. The van der Waals surface area contributed by atoms with Crippen molar-refractivity contribution >= 4 is 39.3 Å². The molecule has 6 nitrogen and oxygen atoms in total. The van der Waals surface area contributed by atoms with E-state index < -0.39 is 0 Å². The quantitative estimate of drug-likeness (QED) is 0.811. The van der Waals surface area contributed by atoms with E-state index in [2.05, 4.69) is 21.2 Å². The van der Waals surface area contributed by atoms with Crippen LogP contribution in [0.4, 0.5) is 5.69 Å². The Hall–Kier alpha value is -1.89. The number of aryl methyl sites for hydroxylation is 1. The van der Waals surface area contributed by atoms with Gasteiger partial charge in [-0.15, -0.1) is 0 Å². The Morgan fingerprint density at radius 3 is 2.76 bits per heavy atom. The zero-order chi connectivity index (χ0) is 18.4. The van der Waals surface area contributed by atoms with Crippen molar-refractivity contribution < 1.29 is 14.4 Å². The monoisotopic (exact) mass is 409 g/mol. The first kappa shape index (κ1) is 19.4. The number of amides is 3. The Bertz CT molecular complexity index is 663. The first-order valence-electron chi connectivity index (χ1n) is 8.44. The lowest BCUT2D eigenvalue weighted by atomic mass is 10.2. The van der Waals surface area contributed by atoms with Gasteiger partial charge in [0.2, 0.25) is 17.7 Å². The molecular weight excluding hydrogens is 386 g/mol. The minimum Gasteiger partial charge on any atom is -0.335 e. The SMILES string of the molecule is Cc1cc(Br)ccc1NC(=O)CN(C)C(=O)CN1CCCCCC1=O. The fourth-order valence-electron chi connectivity index (χ4n) is 2.75. The van der Waals surface area contributed by atoms with Crippen LogP contribution in [-0.4, -0.2) is 54.2 Å². The van der Waals surface area contributed by atoms with Crippen molar-refractivity contribution in [2.45, 2.75) is 32.6 Å². The average molecular weight is 410 g/mol. The molecule has 1 aromatic rings. The summed E-state index contributed by atoms with van der Waals surface area (Å²) in [4.78, 5) is 39.4. The fraction of sp³-hybridized carbons (Fsp3) is 0.500. The van der Waals surface area contributed by atoms with E-state index in [1.54, 1.807) is 11.9 Å². The largest absolute Gasteiger partial charge is 0.335 e. The van der Waals surface area contributed by atoms with Crippen molar-refractivity contribution in [2.24, 2.45) is 0 Å². The van der Waals surface area contributed by atoms with E-state index in [0.29, 0.717) is 13.0 Å². The summed E-state index contributed by atoms with van der Waals surface area (Å²) in [6.07, 6.45) is 3.32. The Morgan fingerprint density at radius 2 is 2.04 bits per heavy atom. The summed E-state index contributed by atoms with van der Waals surface area (Å²) in [7, 11) is 1.58. The molecule has 1 N–H and O–H groups in total. The molecule has 1 aliphatic rings. The van der Waals surface area contributed by atoms with E-state index in [-0.39, 0.29) is 30.8 Å². The lowest BCUT2D eigenvalue weighted by Gasteiger charge is -2.24. The third kappa shape index (κ3) is 5.85. The first-order chi connectivity index (χ1) is 11.9. The smallest absolute Gasteiger partial charge is 0.243 e. The Labute approximate surface area is 156 Å². The van der Waals surface area contributed by atoms with Crippen molar-refractivity contribution in [3.63, 3.8) is 0 Å². The van der Waals surface area contributed by atoms with Crippen molar-refractivity contribution in [3.05, 3.63) is 28.2 Å². The predicted octanol–water partition coefficient (Wildman–Crippen LogP) is 2.56. The molecule has 1 saturated heterocycles. The van der Waals surface area contributed by atoms with Crippen molar-refractivity contribution in [2.75, 3.05) is 32.0 Å². The van der Waals surface area contributed by atoms with Crippen LogP contribution in [0.5, 0.6) is 0 Å². The van der Waals surface area contributed by atoms with Crippen LogP contribution in [0.1, 0.15) is 31.2 Å². The molecule has 0 spiro atoms. The molecule has 25 heavy (non-hydrogen) atoms. The van der Waals surface area contributed by atoms with Crippen LogP contribution < -0.4 is 5.32 Å². The molecule has 136 valence electrons. The van der Waals surface area contributed by atoms with Gasteiger partial charge in [0.25, 0.3) is 0 Å². The van der Waals surface area contributed by atoms with Crippen LogP contribution in [0.3, 0.4) is 0 Å². The van der Waals surface area contributed by atoms with Gasteiger partial charge < -0.3 is 15.1 Å². The summed E-state index contributed by atoms with van der Waals surface area (Å²) < 4.78 is 0.942. The fourth-order valence-corrected chi connectivity index (χ4v) is 3.23. The van der Waals surface area contributed by atoms with Gasteiger partial charge >= 0.3 is 0 Å². The summed E-state index contributed by atoms with van der Waals surface area (Å²) in [5.41, 5.74) is 1.66. The van der Waals surface area contributed by atoms with Crippen LogP contribution in [0.15, 0.2) is 22.7 Å². The van der Waals surface area contributed by atoms with Gasteiger partial charge in [-0.1, -0.05) is 22.4 Å². The van der Waals surface area contributed by atoms with Gasteiger partial charge in [-0.3, -0.25) is 14.4 Å². The topological polar surface area (TPSA) is 69.7 Å². The number of benzene rings is 1. The van der Waals surface area contributed by atoms with Crippen molar-refractivity contribution in [1.82, 2.24) is 9.80 Å². The minimum absolute atomic E-state index is 0.0224. The highest BCUT2D eigenvalue weighted by atomic mass is 79.9. The van der Waals surface area contributed by atoms with E-state index in [1.807, 2.05) is 25.1 Å². The Balaban J connectivity index is 1.87. The zero-order valence-electron chi connectivity index (χ0n) is 14.7. The van der Waals surface area contributed by atoms with E-state index in [4.69, 9.17) is 0 Å². The lowest BCUT2D eigenvalue weighted by molar-refractivity contribution is -0.140. The lowest BCUT2D eigenvalue weighted by Crippen LogP contribution is -2.43. The van der Waals surface area contributed by atoms with Gasteiger partial charge in [0.1, 0.15) is 0 Å². The number of halogens is 1. The molecular formula is C18H24BrN3O3. The number of hydrogen-bond acceptors (Lipinski definition) is 3. The molecule has 0 aliphatic carbocycles. The molecule has 1 fully saturated rings. The number of likely N-dealkylation sites (N-methyl/N-ethyl adjacent to an activating group) is 1. The molecule has 2 rings (SSSR count). The second kappa shape index (κ2) is 8.99. The number of carbonyl (C=O) groups is 3. The van der Waals surface area contributed by atoms with Crippen LogP contribution >= 0.6 is 15.9 Å².